The molecular formula is C45H55ClN2O12. The second kappa shape index (κ2) is 18.7. The van der Waals surface area contributed by atoms with Crippen molar-refractivity contribution in [2.45, 2.75) is 98.7 Å². The minimum Gasteiger partial charge on any atom is -0.507 e. The number of carbonyl (C=O) groups excluding carboxylic acids is 3. The number of carbonyl (C=O) groups is 3. The first-order valence-electron chi connectivity index (χ1n) is 19.8. The van der Waals surface area contributed by atoms with Gasteiger partial charge in [0, 0.05) is 84.8 Å². The number of benzene rings is 3. The molecule has 3 heterocycles. The molecule has 14 nitrogen and oxygen atoms in total. The molecule has 3 aliphatic rings. The third kappa shape index (κ3) is 9.13. The Morgan fingerprint density at radius 1 is 0.917 bits per heavy atom. The first kappa shape index (κ1) is 46.0. The van der Waals surface area contributed by atoms with E-state index in [1.165, 1.54) is 53.2 Å². The molecule has 3 aromatic carbocycles. The van der Waals surface area contributed by atoms with Gasteiger partial charge >= 0.3 is 11.8 Å². The van der Waals surface area contributed by atoms with Crippen LogP contribution in [0.2, 0.25) is 5.02 Å². The van der Waals surface area contributed by atoms with Crippen LogP contribution in [0.4, 0.5) is 5.69 Å². The Balaban J connectivity index is 1.68. The van der Waals surface area contributed by atoms with E-state index in [1.54, 1.807) is 64.1 Å². The number of aromatic hydroxyl groups is 3. The maximum atomic E-state index is 14.4. The highest BCUT2D eigenvalue weighted by Gasteiger charge is 2.50. The first-order valence-corrected chi connectivity index (χ1v) is 20.1. The molecule has 1 amide bonds. The van der Waals surface area contributed by atoms with Crippen LogP contribution in [-0.2, 0) is 36.9 Å². The molecule has 6 rings (SSSR count). The van der Waals surface area contributed by atoms with Crippen molar-refractivity contribution in [3.8, 4) is 23.0 Å². The second-order valence-electron chi connectivity index (χ2n) is 15.9. The van der Waals surface area contributed by atoms with Crippen LogP contribution < -0.4 is 15.4 Å². The number of methoxy groups -OCH3 is 1. The molecule has 0 fully saturated rings. The van der Waals surface area contributed by atoms with E-state index in [4.69, 9.17) is 30.5 Å². The van der Waals surface area contributed by atoms with E-state index in [9.17, 15) is 39.9 Å². The molecule has 9 atom stereocenters. The lowest BCUT2D eigenvalue weighted by molar-refractivity contribution is -0.160. The molecule has 0 unspecified atom stereocenters. The van der Waals surface area contributed by atoms with Gasteiger partial charge in [0.05, 0.1) is 41.2 Å². The number of halogens is 1. The van der Waals surface area contributed by atoms with Crippen LogP contribution in [0.15, 0.2) is 60.4 Å². The number of allylic oxidation sites excluding steroid dienone is 2. The maximum Gasteiger partial charge on any atom is 0.312 e. The highest BCUT2D eigenvalue weighted by molar-refractivity contribution is 6.30. The van der Waals surface area contributed by atoms with Crippen molar-refractivity contribution in [3.63, 3.8) is 0 Å². The number of Topliss-reactive ketones (excluding diaryl/α,β-unsaturated/α-hetero) is 1. The van der Waals surface area contributed by atoms with E-state index >= 15 is 0 Å². The minimum atomic E-state index is -2.04. The Morgan fingerprint density at radius 2 is 1.58 bits per heavy atom. The van der Waals surface area contributed by atoms with Crippen molar-refractivity contribution in [1.29, 1.82) is 0 Å². The number of anilines is 1. The molecule has 0 saturated carbocycles. The van der Waals surface area contributed by atoms with Gasteiger partial charge in [-0.25, -0.2) is 0 Å². The Labute approximate surface area is 354 Å². The van der Waals surface area contributed by atoms with E-state index in [2.05, 4.69) is 10.6 Å². The number of nitrogens with one attached hydrogen (secondary N) is 2. The highest BCUT2D eigenvalue weighted by atomic mass is 35.5. The Kier molecular flexibility index (Phi) is 14.3. The number of phenols is 3. The van der Waals surface area contributed by atoms with Gasteiger partial charge in [-0.1, -0.05) is 69.7 Å². The van der Waals surface area contributed by atoms with E-state index in [1.807, 2.05) is 0 Å². The topological polar surface area (TPSA) is 213 Å². The molecule has 7 N–H and O–H groups in total. The third-order valence-corrected chi connectivity index (χ3v) is 11.9. The summed E-state index contributed by atoms with van der Waals surface area (Å²) in [5.74, 6) is -8.27. The van der Waals surface area contributed by atoms with Crippen molar-refractivity contribution >= 4 is 45.7 Å². The number of phenolic OH excluding ortho intramolecular Hbond substituents is 3. The number of aliphatic hydroxyl groups excluding tert-OH is 2. The van der Waals surface area contributed by atoms with Gasteiger partial charge in [0.25, 0.3) is 11.7 Å². The standard InChI is InChI=1S/C45H55ClN2O12/c1-21-11-10-12-22(2)44(56)48-35-30(20-47-19-28-13-15-29(46)16-14-28)39(53)32-33(40(35)54)38(52)26(6)42-34(32)43(55)45(8,60-42)58-18-17-31(57-9)23(3)41(59-27(7)49)25(5)37(51)24(4)36(21)50/h10-18,21,23-25,31,36-37,41,47,50-54H,19-20H2,1-9H3,(H,48,56)/b11-10+,18-17+,22-12-/t21-,23+,24+,25+,31-,36-,37+,41+,45-/m0/s1. The zero-order valence-corrected chi connectivity index (χ0v) is 36.0. The summed E-state index contributed by atoms with van der Waals surface area (Å²) >= 11 is 6.06. The number of amides is 1. The fraction of sp³-hybridized carbons (Fsp3) is 0.444. The molecule has 0 aromatic heterocycles. The molecular weight excluding hydrogens is 796 g/mol. The summed E-state index contributed by atoms with van der Waals surface area (Å²) in [6.07, 6.45) is 3.55. The summed E-state index contributed by atoms with van der Waals surface area (Å²) in [6.45, 7) is 12.7. The average Bonchev–Trinajstić information content (AvgIpc) is 3.47. The Morgan fingerprint density at radius 3 is 2.22 bits per heavy atom. The summed E-state index contributed by atoms with van der Waals surface area (Å²) in [5, 5.41) is 64.4. The number of ketones is 1. The second-order valence-corrected chi connectivity index (χ2v) is 16.3. The lowest BCUT2D eigenvalue weighted by Crippen LogP contribution is -2.46. The summed E-state index contributed by atoms with van der Waals surface area (Å²) in [5.41, 5.74) is 0.694. The zero-order chi connectivity index (χ0) is 44.4. The molecule has 5 bridgehead atoms. The van der Waals surface area contributed by atoms with Gasteiger partial charge in [0.15, 0.2) is 5.75 Å². The summed E-state index contributed by atoms with van der Waals surface area (Å²) in [6, 6.07) is 7.05. The van der Waals surface area contributed by atoms with Gasteiger partial charge in [-0.3, -0.25) is 14.4 Å². The predicted molar refractivity (Wildman–Crippen MR) is 226 cm³/mol. The van der Waals surface area contributed by atoms with Gasteiger partial charge in [-0.05, 0) is 37.6 Å². The van der Waals surface area contributed by atoms with Crippen molar-refractivity contribution in [2.24, 2.45) is 23.7 Å². The Bertz CT molecular complexity index is 2220. The average molecular weight is 851 g/mol. The molecule has 0 radical (unpaired) electrons. The first-order chi connectivity index (χ1) is 28.2. The summed E-state index contributed by atoms with van der Waals surface area (Å²) in [7, 11) is 1.43. The van der Waals surface area contributed by atoms with Gasteiger partial charge in [0.1, 0.15) is 23.4 Å². The zero-order valence-electron chi connectivity index (χ0n) is 35.2. The maximum absolute atomic E-state index is 14.4. The van der Waals surface area contributed by atoms with Gasteiger partial charge in [-0.15, -0.1) is 0 Å². The lowest BCUT2D eigenvalue weighted by Gasteiger charge is -2.38. The third-order valence-electron chi connectivity index (χ3n) is 11.6. The van der Waals surface area contributed by atoms with Crippen molar-refractivity contribution in [1.82, 2.24) is 5.32 Å². The molecule has 60 heavy (non-hydrogen) atoms. The smallest absolute Gasteiger partial charge is 0.312 e. The number of hydrogen-bond acceptors (Lipinski definition) is 13. The quantitative estimate of drug-likeness (QED) is 0.0783. The molecule has 3 aromatic rings. The van der Waals surface area contributed by atoms with E-state index < -0.39 is 88.8 Å². The normalized spacial score (nSPS) is 29.6. The number of fused-ring (bicyclic) bond motifs is 14. The number of rotatable bonds is 6. The van der Waals surface area contributed by atoms with Gasteiger partial charge < -0.3 is 55.1 Å². The van der Waals surface area contributed by atoms with Crippen molar-refractivity contribution in [2.75, 3.05) is 12.4 Å². The van der Waals surface area contributed by atoms with Crippen molar-refractivity contribution < 1.29 is 58.9 Å². The molecule has 0 spiro atoms. The van der Waals surface area contributed by atoms with Gasteiger partial charge in [0.2, 0.25) is 0 Å². The number of ether oxygens (including phenoxy) is 4. The van der Waals surface area contributed by atoms with Crippen LogP contribution in [-0.4, -0.2) is 80.5 Å². The van der Waals surface area contributed by atoms with Crippen molar-refractivity contribution in [3.05, 3.63) is 87.7 Å². The van der Waals surface area contributed by atoms with Crippen LogP contribution in [0, 0.1) is 30.6 Å². The predicted octanol–water partition coefficient (Wildman–Crippen LogP) is 6.70. The number of aliphatic hydroxyl groups is 2. The molecule has 324 valence electrons. The van der Waals surface area contributed by atoms with E-state index in [0.717, 1.165) is 5.56 Å². The molecule has 15 heteroatoms. The fourth-order valence-corrected chi connectivity index (χ4v) is 8.02. The van der Waals surface area contributed by atoms with Crippen LogP contribution in [0.1, 0.15) is 75.5 Å². The number of esters is 1. The summed E-state index contributed by atoms with van der Waals surface area (Å²) in [4.78, 5) is 40.5. The molecule has 0 saturated heterocycles. The SMILES string of the molecule is CO[C@H]1/C=C/O[C@@]2(C)Oc3c(C)c(O)c4c(O)c(c(CNCc5ccc(Cl)cc5)c(O)c4c3C2=O)NC(=O)/C(C)=C\C=C\[C@H](C)[C@H](O)[C@@H](C)[C@@H](O)[C@@H](C)[C@H](OC(C)=O)[C@@H]1C. The van der Waals surface area contributed by atoms with Crippen LogP contribution in [0.5, 0.6) is 23.0 Å². The Hall–Kier alpha value is -5.12. The van der Waals surface area contributed by atoms with Crippen LogP contribution >= 0.6 is 11.6 Å². The van der Waals surface area contributed by atoms with E-state index in [0.29, 0.717) is 5.02 Å². The molecule has 0 aliphatic carbocycles. The molecule has 3 aliphatic heterocycles. The monoisotopic (exact) mass is 850 g/mol. The van der Waals surface area contributed by atoms with Crippen LogP contribution in [0.3, 0.4) is 0 Å². The van der Waals surface area contributed by atoms with Crippen LogP contribution in [0.25, 0.3) is 10.8 Å². The summed E-state index contributed by atoms with van der Waals surface area (Å²) < 4.78 is 23.6. The largest absolute Gasteiger partial charge is 0.507 e. The highest BCUT2D eigenvalue weighted by Crippen LogP contribution is 2.55. The van der Waals surface area contributed by atoms with Gasteiger partial charge in [-0.2, -0.15) is 0 Å². The lowest BCUT2D eigenvalue weighted by atomic mass is 9.78. The minimum absolute atomic E-state index is 0.00515. The number of hydrogen-bond donors (Lipinski definition) is 7. The van der Waals surface area contributed by atoms with E-state index in [-0.39, 0.29) is 57.6 Å². The fourth-order valence-electron chi connectivity index (χ4n) is 7.89.